The maximum Gasteiger partial charge on any atom is 0.338 e. The predicted octanol–water partition coefficient (Wildman–Crippen LogP) is 7.32. The summed E-state index contributed by atoms with van der Waals surface area (Å²) in [6, 6.07) is 22.7. The van der Waals surface area contributed by atoms with E-state index >= 15 is 0 Å². The molecule has 0 bridgehead atoms. The number of nitriles is 1. The summed E-state index contributed by atoms with van der Waals surface area (Å²) in [4.78, 5) is 32.5. The maximum absolute atomic E-state index is 13.7. The van der Waals surface area contributed by atoms with Crippen molar-refractivity contribution in [2.24, 2.45) is 5.41 Å². The van der Waals surface area contributed by atoms with Crippen molar-refractivity contribution < 1.29 is 19.1 Å². The minimum Gasteiger partial charge on any atom is -0.495 e. The van der Waals surface area contributed by atoms with Gasteiger partial charge in [0.2, 0.25) is 5.91 Å². The number of anilines is 1. The molecule has 0 spiro atoms. The Balaban J connectivity index is 1.69. The van der Waals surface area contributed by atoms with Crippen LogP contribution in [-0.2, 0) is 16.1 Å². The van der Waals surface area contributed by atoms with Crippen LogP contribution in [0.5, 0.6) is 5.75 Å². The van der Waals surface area contributed by atoms with Crippen LogP contribution in [0.1, 0.15) is 62.5 Å². The van der Waals surface area contributed by atoms with Crippen LogP contribution in [0.3, 0.4) is 0 Å². The van der Waals surface area contributed by atoms with Crippen LogP contribution in [0.25, 0.3) is 21.9 Å². The molecule has 1 aromatic heterocycles. The van der Waals surface area contributed by atoms with Crippen LogP contribution >= 0.6 is 0 Å². The number of pyridine rings is 1. The van der Waals surface area contributed by atoms with Gasteiger partial charge in [-0.05, 0) is 77.7 Å². The number of carbonyl (C=O) groups excluding carboxylic acids is 2. The molecule has 0 aliphatic heterocycles. The lowest BCUT2D eigenvalue weighted by atomic mass is 9.91. The molecule has 4 rings (SSSR count). The fraction of sp³-hybridized carbons (Fsp3) is 0.294. The standard InChI is InChI=1S/C34H35N3O4/c1-22(2)41-33(39)27-11-13-29-26(18-27)15-16-36-32(29)37(31(38)19-34(3,4)5)21-23-7-9-24(10-8-23)25-12-14-30(40-6)28(17-25)20-35/h7-18,22H,19,21H2,1-6H3. The minimum atomic E-state index is -0.389. The fourth-order valence-electron chi connectivity index (χ4n) is 4.58. The minimum absolute atomic E-state index is 0.0429. The Morgan fingerprint density at radius 3 is 2.32 bits per heavy atom. The Bertz CT molecular complexity index is 1610. The summed E-state index contributed by atoms with van der Waals surface area (Å²) in [6.07, 6.45) is 1.78. The molecule has 3 aromatic carbocycles. The van der Waals surface area contributed by atoms with E-state index in [1.165, 1.54) is 0 Å². The van der Waals surface area contributed by atoms with Crippen LogP contribution < -0.4 is 9.64 Å². The first-order valence-corrected chi connectivity index (χ1v) is 13.6. The lowest BCUT2D eigenvalue weighted by Crippen LogP contribution is -2.34. The Labute approximate surface area is 241 Å². The first-order chi connectivity index (χ1) is 19.5. The molecule has 41 heavy (non-hydrogen) atoms. The maximum atomic E-state index is 13.7. The number of ether oxygens (including phenoxy) is 2. The zero-order chi connectivity index (χ0) is 29.7. The second-order valence-corrected chi connectivity index (χ2v) is 11.5. The van der Waals surface area contributed by atoms with Crippen LogP contribution in [0.4, 0.5) is 5.82 Å². The average Bonchev–Trinajstić information content (AvgIpc) is 2.94. The van der Waals surface area contributed by atoms with Gasteiger partial charge in [-0.25, -0.2) is 9.78 Å². The van der Waals surface area contributed by atoms with E-state index < -0.39 is 0 Å². The third-order valence-corrected chi connectivity index (χ3v) is 6.51. The number of methoxy groups -OCH3 is 1. The van der Waals surface area contributed by atoms with E-state index in [0.29, 0.717) is 35.7 Å². The monoisotopic (exact) mass is 549 g/mol. The summed E-state index contributed by atoms with van der Waals surface area (Å²) in [5.41, 5.74) is 3.48. The van der Waals surface area contributed by atoms with E-state index in [4.69, 9.17) is 9.47 Å². The number of esters is 1. The number of hydrogen-bond donors (Lipinski definition) is 0. The lowest BCUT2D eigenvalue weighted by molar-refractivity contribution is -0.120. The molecule has 0 aliphatic rings. The normalized spacial score (nSPS) is 11.3. The van der Waals surface area contributed by atoms with Crippen molar-refractivity contribution in [2.75, 3.05) is 12.0 Å². The molecule has 0 aliphatic carbocycles. The molecule has 7 heteroatoms. The van der Waals surface area contributed by atoms with Gasteiger partial charge in [-0.3, -0.25) is 9.69 Å². The molecule has 0 N–H and O–H groups in total. The van der Waals surface area contributed by atoms with E-state index in [-0.39, 0.29) is 23.4 Å². The Morgan fingerprint density at radius 2 is 1.68 bits per heavy atom. The number of carbonyl (C=O) groups is 2. The number of amides is 1. The van der Waals surface area contributed by atoms with E-state index in [9.17, 15) is 14.9 Å². The highest BCUT2D eigenvalue weighted by molar-refractivity contribution is 6.04. The molecule has 0 atom stereocenters. The molecule has 1 amide bonds. The van der Waals surface area contributed by atoms with Crippen molar-refractivity contribution in [1.82, 2.24) is 4.98 Å². The largest absolute Gasteiger partial charge is 0.495 e. The fourth-order valence-corrected chi connectivity index (χ4v) is 4.58. The highest BCUT2D eigenvalue weighted by Gasteiger charge is 2.25. The SMILES string of the molecule is COc1ccc(-c2ccc(CN(C(=O)CC(C)(C)C)c3nccc4cc(C(=O)OC(C)C)ccc34)cc2)cc1C#N. The molecule has 0 saturated carbocycles. The molecule has 1 heterocycles. The van der Waals surface area contributed by atoms with E-state index in [0.717, 1.165) is 27.5 Å². The van der Waals surface area contributed by atoms with Gasteiger partial charge in [0.05, 0.1) is 30.9 Å². The number of rotatable bonds is 8. The topological polar surface area (TPSA) is 92.5 Å². The summed E-state index contributed by atoms with van der Waals surface area (Å²) >= 11 is 0. The molecule has 210 valence electrons. The smallest absolute Gasteiger partial charge is 0.338 e. The number of fused-ring (bicyclic) bond motifs is 1. The molecule has 7 nitrogen and oxygen atoms in total. The molecule has 4 aromatic rings. The second-order valence-electron chi connectivity index (χ2n) is 11.5. The van der Waals surface area contributed by atoms with Crippen molar-refractivity contribution in [1.29, 1.82) is 5.26 Å². The average molecular weight is 550 g/mol. The van der Waals surface area contributed by atoms with Crippen molar-refractivity contribution in [3.05, 3.63) is 89.6 Å². The number of aromatic nitrogens is 1. The van der Waals surface area contributed by atoms with Gasteiger partial charge < -0.3 is 9.47 Å². The van der Waals surface area contributed by atoms with Crippen LogP contribution in [0.2, 0.25) is 0 Å². The third-order valence-electron chi connectivity index (χ3n) is 6.51. The summed E-state index contributed by atoms with van der Waals surface area (Å²) in [5.74, 6) is 0.643. The molecule has 0 saturated heterocycles. The molecular weight excluding hydrogens is 514 g/mol. The third kappa shape index (κ3) is 7.09. The number of benzene rings is 3. The van der Waals surface area contributed by atoms with Gasteiger partial charge in [0.1, 0.15) is 17.6 Å². The van der Waals surface area contributed by atoms with Gasteiger partial charge in [-0.15, -0.1) is 0 Å². The summed E-state index contributed by atoms with van der Waals surface area (Å²) in [7, 11) is 1.54. The zero-order valence-electron chi connectivity index (χ0n) is 24.4. The van der Waals surface area contributed by atoms with Gasteiger partial charge in [0.25, 0.3) is 0 Å². The Hall–Kier alpha value is -4.70. The van der Waals surface area contributed by atoms with Crippen molar-refractivity contribution in [3.8, 4) is 22.9 Å². The lowest BCUT2D eigenvalue weighted by Gasteiger charge is -2.27. The predicted molar refractivity (Wildman–Crippen MR) is 161 cm³/mol. The highest BCUT2D eigenvalue weighted by atomic mass is 16.5. The highest BCUT2D eigenvalue weighted by Crippen LogP contribution is 2.31. The van der Waals surface area contributed by atoms with Gasteiger partial charge >= 0.3 is 5.97 Å². The van der Waals surface area contributed by atoms with E-state index in [1.807, 2.05) is 77.1 Å². The first kappa shape index (κ1) is 29.3. The van der Waals surface area contributed by atoms with Crippen LogP contribution in [0.15, 0.2) is 72.9 Å². The Morgan fingerprint density at radius 1 is 0.976 bits per heavy atom. The van der Waals surface area contributed by atoms with Crippen LogP contribution in [-0.4, -0.2) is 30.1 Å². The van der Waals surface area contributed by atoms with Crippen molar-refractivity contribution in [3.63, 3.8) is 0 Å². The van der Waals surface area contributed by atoms with Crippen molar-refractivity contribution >= 4 is 28.5 Å². The zero-order valence-corrected chi connectivity index (χ0v) is 24.4. The number of hydrogen-bond acceptors (Lipinski definition) is 6. The van der Waals surface area contributed by atoms with Gasteiger partial charge in [-0.1, -0.05) is 51.1 Å². The quantitative estimate of drug-likeness (QED) is 0.214. The molecule has 0 radical (unpaired) electrons. The van der Waals surface area contributed by atoms with E-state index in [2.05, 4.69) is 11.1 Å². The second kappa shape index (κ2) is 12.2. The van der Waals surface area contributed by atoms with Gasteiger partial charge in [0.15, 0.2) is 0 Å². The first-order valence-electron chi connectivity index (χ1n) is 13.6. The summed E-state index contributed by atoms with van der Waals surface area (Å²) in [6.45, 7) is 10.0. The van der Waals surface area contributed by atoms with Gasteiger partial charge in [0, 0.05) is 18.0 Å². The van der Waals surface area contributed by atoms with E-state index in [1.54, 1.807) is 42.5 Å². The molecule has 0 unspecified atom stereocenters. The summed E-state index contributed by atoms with van der Waals surface area (Å²) in [5, 5.41) is 11.0. The van der Waals surface area contributed by atoms with Crippen molar-refractivity contribution in [2.45, 2.75) is 53.7 Å². The van der Waals surface area contributed by atoms with Crippen LogP contribution in [0, 0.1) is 16.7 Å². The molecule has 0 fully saturated rings. The van der Waals surface area contributed by atoms with Gasteiger partial charge in [-0.2, -0.15) is 5.26 Å². The number of nitrogens with zero attached hydrogens (tertiary/aromatic N) is 3. The Kier molecular flexibility index (Phi) is 8.73. The summed E-state index contributed by atoms with van der Waals surface area (Å²) < 4.78 is 10.6. The molecular formula is C34H35N3O4.